The molecule has 0 saturated heterocycles. The van der Waals surface area contributed by atoms with Gasteiger partial charge in [-0.1, -0.05) is 11.8 Å². The second-order valence-electron chi connectivity index (χ2n) is 7.34. The number of carbonyl (C=O) groups excluding carboxylic acids is 1. The maximum Gasteiger partial charge on any atom is 0.230 e. The second kappa shape index (κ2) is 8.81. The number of aromatic nitrogens is 2. The van der Waals surface area contributed by atoms with Gasteiger partial charge < -0.3 is 14.8 Å². The highest BCUT2D eigenvalue weighted by atomic mass is 32.2. The van der Waals surface area contributed by atoms with Crippen molar-refractivity contribution in [2.45, 2.75) is 51.8 Å². The zero-order valence-corrected chi connectivity index (χ0v) is 19.2. The predicted octanol–water partition coefficient (Wildman–Crippen LogP) is 4.44. The van der Waals surface area contributed by atoms with Crippen molar-refractivity contribution in [3.05, 3.63) is 40.0 Å². The van der Waals surface area contributed by atoms with E-state index in [1.54, 1.807) is 17.7 Å². The first-order valence-electron chi connectivity index (χ1n) is 10.0. The third-order valence-corrected chi connectivity index (χ3v) is 7.23. The van der Waals surface area contributed by atoms with Gasteiger partial charge in [0.25, 0.3) is 0 Å². The lowest BCUT2D eigenvalue weighted by molar-refractivity contribution is -0.118. The van der Waals surface area contributed by atoms with Crippen LogP contribution >= 0.6 is 23.1 Å². The maximum absolute atomic E-state index is 12.5. The number of amides is 1. The van der Waals surface area contributed by atoms with Gasteiger partial charge in [0.15, 0.2) is 0 Å². The Hall–Kier alpha value is -2.32. The summed E-state index contributed by atoms with van der Waals surface area (Å²) in [6, 6.07) is 4.03. The van der Waals surface area contributed by atoms with Crippen LogP contribution in [0.5, 0.6) is 11.5 Å². The monoisotopic (exact) mass is 443 g/mol. The Morgan fingerprint density at radius 3 is 3.00 bits per heavy atom. The van der Waals surface area contributed by atoms with Crippen LogP contribution in [0.15, 0.2) is 23.5 Å². The molecule has 3 aromatic rings. The normalized spacial score (nSPS) is 15.1. The predicted molar refractivity (Wildman–Crippen MR) is 121 cm³/mol. The highest BCUT2D eigenvalue weighted by Gasteiger charge is 2.22. The van der Waals surface area contributed by atoms with Crippen LogP contribution in [-0.4, -0.2) is 34.3 Å². The van der Waals surface area contributed by atoms with Crippen molar-refractivity contribution in [3.8, 4) is 11.5 Å². The van der Waals surface area contributed by atoms with E-state index in [0.717, 1.165) is 44.3 Å². The molecule has 6 nitrogen and oxygen atoms in total. The Bertz CT molecular complexity index is 1100. The number of thiophene rings is 1. The minimum Gasteiger partial charge on any atom is -0.494 e. The van der Waals surface area contributed by atoms with Gasteiger partial charge >= 0.3 is 0 Å². The summed E-state index contributed by atoms with van der Waals surface area (Å²) in [4.78, 5) is 23.5. The number of benzene rings is 1. The van der Waals surface area contributed by atoms with Gasteiger partial charge in [-0.3, -0.25) is 4.79 Å². The highest BCUT2D eigenvalue weighted by Crippen LogP contribution is 2.36. The molecule has 30 heavy (non-hydrogen) atoms. The smallest absolute Gasteiger partial charge is 0.230 e. The molecule has 158 valence electrons. The molecule has 4 rings (SSSR count). The van der Waals surface area contributed by atoms with Crippen molar-refractivity contribution in [2.75, 3.05) is 12.4 Å². The van der Waals surface area contributed by atoms with E-state index in [0.29, 0.717) is 18.9 Å². The molecular weight excluding hydrogens is 418 g/mol. The number of carbonyl (C=O) groups is 1. The summed E-state index contributed by atoms with van der Waals surface area (Å²) in [6.45, 7) is 9.15. The van der Waals surface area contributed by atoms with Crippen LogP contribution in [0.1, 0.15) is 35.4 Å². The van der Waals surface area contributed by atoms with Crippen molar-refractivity contribution in [1.82, 2.24) is 15.3 Å². The van der Waals surface area contributed by atoms with E-state index in [1.165, 1.54) is 22.2 Å². The summed E-state index contributed by atoms with van der Waals surface area (Å²) < 4.78 is 11.7. The van der Waals surface area contributed by atoms with Gasteiger partial charge in [0.1, 0.15) is 33.8 Å². The van der Waals surface area contributed by atoms with E-state index in [1.807, 2.05) is 19.1 Å². The molecule has 1 atom stereocenters. The van der Waals surface area contributed by atoms with Gasteiger partial charge in [0, 0.05) is 34.4 Å². The van der Waals surface area contributed by atoms with Crippen LogP contribution in [0.3, 0.4) is 0 Å². The zero-order valence-electron chi connectivity index (χ0n) is 17.6. The Morgan fingerprint density at radius 2 is 2.20 bits per heavy atom. The molecule has 2 aromatic heterocycles. The third-order valence-electron chi connectivity index (χ3n) is 5.13. The average molecular weight is 444 g/mol. The van der Waals surface area contributed by atoms with Gasteiger partial charge in [-0.15, -0.1) is 11.3 Å². The van der Waals surface area contributed by atoms with E-state index >= 15 is 0 Å². The molecule has 0 bridgehead atoms. The molecule has 0 saturated carbocycles. The molecule has 1 amide bonds. The van der Waals surface area contributed by atoms with Crippen LogP contribution in [0.2, 0.25) is 0 Å². The van der Waals surface area contributed by atoms with Crippen molar-refractivity contribution in [2.24, 2.45) is 0 Å². The number of aryl methyl sites for hydroxylation is 2. The van der Waals surface area contributed by atoms with E-state index in [-0.39, 0.29) is 12.0 Å². The molecule has 0 fully saturated rings. The number of hydrogen-bond acceptors (Lipinski definition) is 7. The number of rotatable bonds is 7. The quantitative estimate of drug-likeness (QED) is 0.430. The van der Waals surface area contributed by atoms with E-state index < -0.39 is 0 Å². The molecule has 1 aliphatic heterocycles. The van der Waals surface area contributed by atoms with Gasteiger partial charge in [-0.05, 0) is 45.4 Å². The third kappa shape index (κ3) is 4.25. The lowest BCUT2D eigenvalue weighted by Gasteiger charge is -2.13. The number of fused-ring (bicyclic) bond motifs is 2. The molecule has 1 aliphatic rings. The standard InChI is InChI=1S/C22H25N3O3S2/c1-5-27-17-7-15-6-12(2)28-18(15)8-16(17)9-23-19(26)10-29-21-20-13(3)14(4)30-22(20)25-11-24-21/h7-8,11-12H,5-6,9-10H2,1-4H3,(H,23,26)/t12-/m0/s1. The summed E-state index contributed by atoms with van der Waals surface area (Å²) in [5.41, 5.74) is 3.27. The summed E-state index contributed by atoms with van der Waals surface area (Å²) in [5, 5.41) is 4.91. The first kappa shape index (κ1) is 20.9. The summed E-state index contributed by atoms with van der Waals surface area (Å²) in [6.07, 6.45) is 2.62. The lowest BCUT2D eigenvalue weighted by Crippen LogP contribution is -2.25. The lowest BCUT2D eigenvalue weighted by atomic mass is 10.1. The zero-order chi connectivity index (χ0) is 21.3. The molecule has 0 radical (unpaired) electrons. The van der Waals surface area contributed by atoms with Gasteiger partial charge in [0.2, 0.25) is 5.91 Å². The first-order valence-corrected chi connectivity index (χ1v) is 11.8. The molecule has 0 unspecified atom stereocenters. The van der Waals surface area contributed by atoms with Crippen molar-refractivity contribution < 1.29 is 14.3 Å². The molecule has 1 N–H and O–H groups in total. The van der Waals surface area contributed by atoms with Crippen molar-refractivity contribution in [1.29, 1.82) is 0 Å². The van der Waals surface area contributed by atoms with Crippen molar-refractivity contribution >= 4 is 39.2 Å². The molecule has 3 heterocycles. The summed E-state index contributed by atoms with van der Waals surface area (Å²) in [7, 11) is 0. The van der Waals surface area contributed by atoms with Crippen LogP contribution in [0, 0.1) is 13.8 Å². The fourth-order valence-electron chi connectivity index (χ4n) is 3.55. The first-order chi connectivity index (χ1) is 14.5. The number of thioether (sulfide) groups is 1. The number of ether oxygens (including phenoxy) is 2. The number of nitrogens with zero attached hydrogens (tertiary/aromatic N) is 2. The average Bonchev–Trinajstić information content (AvgIpc) is 3.22. The van der Waals surface area contributed by atoms with Crippen LogP contribution in [-0.2, 0) is 17.8 Å². The molecule has 0 aliphatic carbocycles. The minimum absolute atomic E-state index is 0.0476. The Balaban J connectivity index is 1.42. The maximum atomic E-state index is 12.5. The van der Waals surface area contributed by atoms with Crippen molar-refractivity contribution in [3.63, 3.8) is 0 Å². The molecular formula is C22H25N3O3S2. The minimum atomic E-state index is -0.0476. The molecule has 1 aromatic carbocycles. The van der Waals surface area contributed by atoms with Crippen LogP contribution < -0.4 is 14.8 Å². The van der Waals surface area contributed by atoms with E-state index in [4.69, 9.17) is 9.47 Å². The fourth-order valence-corrected chi connectivity index (χ4v) is 5.49. The van der Waals surface area contributed by atoms with Crippen LogP contribution in [0.4, 0.5) is 0 Å². The summed E-state index contributed by atoms with van der Waals surface area (Å²) in [5.74, 6) is 1.94. The fraction of sp³-hybridized carbons (Fsp3) is 0.409. The topological polar surface area (TPSA) is 73.3 Å². The second-order valence-corrected chi connectivity index (χ2v) is 9.51. The molecule has 0 spiro atoms. The number of hydrogen-bond donors (Lipinski definition) is 1. The Morgan fingerprint density at radius 1 is 1.37 bits per heavy atom. The van der Waals surface area contributed by atoms with Gasteiger partial charge in [-0.2, -0.15) is 0 Å². The largest absolute Gasteiger partial charge is 0.494 e. The van der Waals surface area contributed by atoms with Gasteiger partial charge in [0.05, 0.1) is 12.4 Å². The summed E-state index contributed by atoms with van der Waals surface area (Å²) >= 11 is 3.10. The number of nitrogens with one attached hydrogen (secondary N) is 1. The van der Waals surface area contributed by atoms with E-state index in [2.05, 4.69) is 36.1 Å². The van der Waals surface area contributed by atoms with Crippen LogP contribution in [0.25, 0.3) is 10.2 Å². The SMILES string of the molecule is CCOc1cc2c(cc1CNC(=O)CSc1ncnc3sc(C)c(C)c13)O[C@@H](C)C2. The Kier molecular flexibility index (Phi) is 6.15. The van der Waals surface area contributed by atoms with E-state index in [9.17, 15) is 4.79 Å². The highest BCUT2D eigenvalue weighted by molar-refractivity contribution is 8.00. The molecule has 8 heteroatoms. The Labute approximate surface area is 184 Å². The van der Waals surface area contributed by atoms with Gasteiger partial charge in [-0.25, -0.2) is 9.97 Å².